The highest BCUT2D eigenvalue weighted by Crippen LogP contribution is 2.56. The molecule has 6 unspecified atom stereocenters. The number of hydrogen-bond donors (Lipinski definition) is 2. The minimum atomic E-state index is -4.34. The van der Waals surface area contributed by atoms with Gasteiger partial charge in [-0.15, -0.1) is 9.35 Å². The number of imide groups is 1. The number of aryl methyl sites for hydroxylation is 1. The lowest BCUT2D eigenvalue weighted by atomic mass is 9.78. The van der Waals surface area contributed by atoms with Gasteiger partial charge in [0.25, 0.3) is 11.8 Å². The van der Waals surface area contributed by atoms with Gasteiger partial charge in [-0.2, -0.15) is 8.42 Å². The number of aliphatic hydroxyl groups is 2. The third-order valence-electron chi connectivity index (χ3n) is 5.53. The number of benzene rings is 1. The molecule has 3 aliphatic rings. The molecular weight excluding hydrogens is 350 g/mol. The Morgan fingerprint density at radius 3 is 1.96 bits per heavy atom. The van der Waals surface area contributed by atoms with Crippen molar-refractivity contribution in [1.82, 2.24) is 5.06 Å². The number of hydrogen-bond acceptors (Lipinski definition) is 7. The normalized spacial score (nSPS) is 37.0. The molecule has 2 saturated carbocycles. The Morgan fingerprint density at radius 1 is 1.00 bits per heavy atom. The number of rotatable bonds is 3. The highest BCUT2D eigenvalue weighted by atomic mass is 32.2. The first-order valence-electron chi connectivity index (χ1n) is 7.97. The molecule has 0 spiro atoms. The van der Waals surface area contributed by atoms with E-state index in [9.17, 15) is 28.2 Å². The fourth-order valence-corrected chi connectivity index (χ4v) is 5.22. The Kier molecular flexibility index (Phi) is 3.56. The summed E-state index contributed by atoms with van der Waals surface area (Å²) in [5, 5.41) is 20.2. The van der Waals surface area contributed by atoms with E-state index in [2.05, 4.69) is 0 Å². The van der Waals surface area contributed by atoms with E-state index in [0.717, 1.165) is 5.56 Å². The topological polar surface area (TPSA) is 121 Å². The van der Waals surface area contributed by atoms with Crippen LogP contribution >= 0.6 is 0 Å². The fourth-order valence-electron chi connectivity index (χ4n) is 4.32. The maximum atomic E-state index is 12.5. The molecule has 1 aliphatic heterocycles. The molecule has 1 aromatic rings. The molecule has 1 aromatic carbocycles. The van der Waals surface area contributed by atoms with Crippen LogP contribution in [0.2, 0.25) is 0 Å². The zero-order chi connectivity index (χ0) is 18.1. The van der Waals surface area contributed by atoms with Crippen LogP contribution in [-0.2, 0) is 24.0 Å². The van der Waals surface area contributed by atoms with Gasteiger partial charge in [-0.25, -0.2) is 0 Å². The van der Waals surface area contributed by atoms with E-state index in [0.29, 0.717) is 6.42 Å². The molecule has 0 aromatic heterocycles. The lowest BCUT2D eigenvalue weighted by Crippen LogP contribution is -2.43. The van der Waals surface area contributed by atoms with Crippen molar-refractivity contribution < 1.29 is 32.5 Å². The van der Waals surface area contributed by atoms with Crippen molar-refractivity contribution in [2.75, 3.05) is 0 Å². The van der Waals surface area contributed by atoms with Gasteiger partial charge in [-0.05, 0) is 25.5 Å². The van der Waals surface area contributed by atoms with E-state index in [-0.39, 0.29) is 9.96 Å². The fraction of sp³-hybridized carbons (Fsp3) is 0.500. The van der Waals surface area contributed by atoms with Gasteiger partial charge in [-0.3, -0.25) is 9.59 Å². The summed E-state index contributed by atoms with van der Waals surface area (Å²) in [5.74, 6) is -4.35. The number of nitrogens with zero attached hydrogens (tertiary/aromatic N) is 1. The number of fused-ring (bicyclic) bond motifs is 5. The summed E-state index contributed by atoms with van der Waals surface area (Å²) < 4.78 is 29.5. The van der Waals surface area contributed by atoms with Crippen LogP contribution in [0.15, 0.2) is 29.2 Å². The first kappa shape index (κ1) is 16.6. The molecule has 2 bridgehead atoms. The molecule has 25 heavy (non-hydrogen) atoms. The molecule has 8 nitrogen and oxygen atoms in total. The van der Waals surface area contributed by atoms with E-state index in [1.165, 1.54) is 12.1 Å². The van der Waals surface area contributed by atoms with Crippen LogP contribution in [0.4, 0.5) is 0 Å². The summed E-state index contributed by atoms with van der Waals surface area (Å²) >= 11 is 0. The average molecular weight is 367 g/mol. The number of carbonyl (C=O) groups is 2. The summed E-state index contributed by atoms with van der Waals surface area (Å²) in [6.07, 6.45) is -1.80. The van der Waals surface area contributed by atoms with Crippen molar-refractivity contribution in [2.24, 2.45) is 23.7 Å². The molecule has 2 amide bonds. The van der Waals surface area contributed by atoms with E-state index in [4.69, 9.17) is 4.28 Å². The molecule has 4 rings (SSSR count). The Hall–Kier alpha value is -1.81. The molecule has 2 N–H and O–H groups in total. The lowest BCUT2D eigenvalue weighted by molar-refractivity contribution is -0.166. The van der Waals surface area contributed by atoms with Crippen LogP contribution in [-0.4, -0.2) is 47.7 Å². The van der Waals surface area contributed by atoms with Crippen molar-refractivity contribution >= 4 is 21.9 Å². The zero-order valence-electron chi connectivity index (χ0n) is 13.3. The third-order valence-corrected chi connectivity index (χ3v) is 6.73. The van der Waals surface area contributed by atoms with Crippen LogP contribution < -0.4 is 0 Å². The molecule has 0 radical (unpaired) electrons. The number of carbonyl (C=O) groups excluding carboxylic acids is 2. The molecule has 9 heteroatoms. The molecule has 1 heterocycles. The van der Waals surface area contributed by atoms with Gasteiger partial charge in [0.2, 0.25) is 0 Å². The first-order valence-corrected chi connectivity index (χ1v) is 9.38. The molecule has 3 fully saturated rings. The van der Waals surface area contributed by atoms with Crippen molar-refractivity contribution in [1.29, 1.82) is 0 Å². The second kappa shape index (κ2) is 5.34. The monoisotopic (exact) mass is 367 g/mol. The predicted molar refractivity (Wildman–Crippen MR) is 81.9 cm³/mol. The average Bonchev–Trinajstić information content (AvgIpc) is 3.16. The van der Waals surface area contributed by atoms with Crippen LogP contribution in [0.25, 0.3) is 0 Å². The molecular formula is C16H17NO7S. The molecule has 134 valence electrons. The Labute approximate surface area is 144 Å². The Balaban J connectivity index is 1.61. The van der Waals surface area contributed by atoms with Crippen molar-refractivity contribution in [3.8, 4) is 0 Å². The van der Waals surface area contributed by atoms with Gasteiger partial charge in [-0.1, -0.05) is 17.7 Å². The van der Waals surface area contributed by atoms with Crippen LogP contribution in [0.1, 0.15) is 12.0 Å². The van der Waals surface area contributed by atoms with Gasteiger partial charge < -0.3 is 10.2 Å². The van der Waals surface area contributed by atoms with E-state index in [1.54, 1.807) is 19.1 Å². The van der Waals surface area contributed by atoms with Crippen LogP contribution in [0, 0.1) is 30.6 Å². The molecule has 2 aliphatic carbocycles. The van der Waals surface area contributed by atoms with Gasteiger partial charge >= 0.3 is 10.1 Å². The SMILES string of the molecule is Cc1ccc(S(=O)(=O)ON2C(=O)C3C4CC(C(O)C4O)C3C2=O)cc1. The van der Waals surface area contributed by atoms with Crippen molar-refractivity contribution in [3.63, 3.8) is 0 Å². The second-order valence-electron chi connectivity index (χ2n) is 6.91. The predicted octanol–water partition coefficient (Wildman–Crippen LogP) is -0.412. The van der Waals surface area contributed by atoms with Crippen molar-refractivity contribution in [3.05, 3.63) is 29.8 Å². The summed E-state index contributed by atoms with van der Waals surface area (Å²) in [7, 11) is -4.34. The minimum absolute atomic E-state index is 0.168. The van der Waals surface area contributed by atoms with E-state index in [1.807, 2.05) is 0 Å². The van der Waals surface area contributed by atoms with Gasteiger partial charge in [0.05, 0.1) is 28.9 Å². The van der Waals surface area contributed by atoms with Gasteiger partial charge in [0, 0.05) is 11.8 Å². The van der Waals surface area contributed by atoms with Crippen molar-refractivity contribution in [2.45, 2.75) is 30.4 Å². The summed E-state index contributed by atoms with van der Waals surface area (Å²) in [5.41, 5.74) is 0.848. The van der Waals surface area contributed by atoms with Gasteiger partial charge in [0.1, 0.15) is 0 Å². The first-order chi connectivity index (χ1) is 11.7. The highest BCUT2D eigenvalue weighted by Gasteiger charge is 2.68. The smallest absolute Gasteiger partial charge is 0.318 e. The second-order valence-corrected chi connectivity index (χ2v) is 8.44. The van der Waals surface area contributed by atoms with E-state index < -0.39 is 57.8 Å². The largest absolute Gasteiger partial charge is 0.390 e. The minimum Gasteiger partial charge on any atom is -0.390 e. The number of aliphatic hydroxyl groups excluding tert-OH is 2. The number of amides is 2. The Bertz CT molecular complexity index is 818. The third kappa shape index (κ3) is 2.27. The summed E-state index contributed by atoms with van der Waals surface area (Å²) in [6.45, 7) is 1.79. The Morgan fingerprint density at radius 2 is 1.48 bits per heavy atom. The highest BCUT2D eigenvalue weighted by molar-refractivity contribution is 7.86. The zero-order valence-corrected chi connectivity index (χ0v) is 14.1. The maximum Gasteiger partial charge on any atom is 0.318 e. The van der Waals surface area contributed by atoms with E-state index >= 15 is 0 Å². The molecule has 1 saturated heterocycles. The standard InChI is InChI=1S/C16H17NO7S/c1-7-2-4-8(5-3-7)25(22,23)24-17-15(20)11-9-6-10(12(11)16(17)21)14(19)13(9)18/h2-5,9-14,18-19H,6H2,1H3. The quantitative estimate of drug-likeness (QED) is 0.697. The summed E-state index contributed by atoms with van der Waals surface area (Å²) in [4.78, 5) is 24.9. The lowest BCUT2D eigenvalue weighted by Gasteiger charge is -2.28. The van der Waals surface area contributed by atoms with Crippen LogP contribution in [0.5, 0.6) is 0 Å². The molecule has 6 atom stereocenters. The maximum absolute atomic E-state index is 12.5. The summed E-state index contributed by atoms with van der Waals surface area (Å²) in [6, 6.07) is 5.80. The van der Waals surface area contributed by atoms with Crippen LogP contribution in [0.3, 0.4) is 0 Å². The van der Waals surface area contributed by atoms with Gasteiger partial charge in [0.15, 0.2) is 0 Å². The number of hydroxylamine groups is 2.